The monoisotopic (exact) mass is 489 g/mol. The SMILES string of the molecule is O=C(NCc1ccccc1CN1CCOCC1)C1CCN(C(=O)c2ccc(C(F)(F)F)cc2)CC1. The van der Waals surface area contributed by atoms with Crippen molar-refractivity contribution < 1.29 is 27.5 Å². The number of nitrogens with one attached hydrogen (secondary N) is 1. The minimum atomic E-state index is -4.43. The average molecular weight is 490 g/mol. The van der Waals surface area contributed by atoms with E-state index in [9.17, 15) is 22.8 Å². The smallest absolute Gasteiger partial charge is 0.379 e. The van der Waals surface area contributed by atoms with E-state index < -0.39 is 11.7 Å². The van der Waals surface area contributed by atoms with Crippen LogP contribution in [-0.2, 0) is 28.8 Å². The zero-order valence-corrected chi connectivity index (χ0v) is 19.5. The highest BCUT2D eigenvalue weighted by Gasteiger charge is 2.31. The maximum absolute atomic E-state index is 12.8. The van der Waals surface area contributed by atoms with Crippen LogP contribution in [0.5, 0.6) is 0 Å². The van der Waals surface area contributed by atoms with Gasteiger partial charge in [-0.1, -0.05) is 24.3 Å². The lowest BCUT2D eigenvalue weighted by Crippen LogP contribution is -2.43. The Labute approximate surface area is 203 Å². The number of nitrogens with zero attached hydrogens (tertiary/aromatic N) is 2. The average Bonchev–Trinajstić information content (AvgIpc) is 2.88. The lowest BCUT2D eigenvalue weighted by atomic mass is 9.95. The fraction of sp³-hybridized carbons (Fsp3) is 0.462. The molecule has 0 spiro atoms. The number of likely N-dealkylation sites (tertiary alicyclic amines) is 1. The number of alkyl halides is 3. The Morgan fingerprint density at radius 2 is 1.54 bits per heavy atom. The van der Waals surface area contributed by atoms with Crippen LogP contribution in [0, 0.1) is 5.92 Å². The lowest BCUT2D eigenvalue weighted by Gasteiger charge is -2.31. The molecule has 0 radical (unpaired) electrons. The van der Waals surface area contributed by atoms with Gasteiger partial charge in [-0.3, -0.25) is 14.5 Å². The second-order valence-electron chi connectivity index (χ2n) is 9.02. The first-order chi connectivity index (χ1) is 16.8. The normalized spacial score (nSPS) is 17.9. The van der Waals surface area contributed by atoms with Gasteiger partial charge in [-0.25, -0.2) is 0 Å². The minimum absolute atomic E-state index is 0.0344. The van der Waals surface area contributed by atoms with Crippen molar-refractivity contribution in [3.8, 4) is 0 Å². The summed E-state index contributed by atoms with van der Waals surface area (Å²) < 4.78 is 43.7. The van der Waals surface area contributed by atoms with Gasteiger partial charge in [0.2, 0.25) is 5.91 Å². The van der Waals surface area contributed by atoms with Gasteiger partial charge in [0.25, 0.3) is 5.91 Å². The van der Waals surface area contributed by atoms with Crippen LogP contribution in [0.25, 0.3) is 0 Å². The van der Waals surface area contributed by atoms with Crippen molar-refractivity contribution in [1.29, 1.82) is 0 Å². The third-order valence-corrected chi connectivity index (χ3v) is 6.68. The molecule has 0 saturated carbocycles. The number of amides is 2. The number of piperidine rings is 1. The predicted octanol–water partition coefficient (Wildman–Crippen LogP) is 3.71. The van der Waals surface area contributed by atoms with E-state index in [1.54, 1.807) is 4.90 Å². The molecule has 2 saturated heterocycles. The molecule has 188 valence electrons. The van der Waals surface area contributed by atoms with Crippen LogP contribution >= 0.6 is 0 Å². The number of carbonyl (C=O) groups excluding carboxylic acids is 2. The summed E-state index contributed by atoms with van der Waals surface area (Å²) in [4.78, 5) is 29.4. The number of hydrogen-bond donors (Lipinski definition) is 1. The van der Waals surface area contributed by atoms with Crippen molar-refractivity contribution in [2.45, 2.75) is 32.1 Å². The molecule has 2 fully saturated rings. The molecule has 0 aromatic heterocycles. The first kappa shape index (κ1) is 25.2. The molecule has 0 bridgehead atoms. The van der Waals surface area contributed by atoms with Gasteiger partial charge in [0, 0.05) is 50.7 Å². The summed E-state index contributed by atoms with van der Waals surface area (Å²) in [5, 5.41) is 3.05. The Kier molecular flexibility index (Phi) is 8.07. The van der Waals surface area contributed by atoms with Gasteiger partial charge >= 0.3 is 6.18 Å². The Morgan fingerprint density at radius 1 is 0.914 bits per heavy atom. The quantitative estimate of drug-likeness (QED) is 0.672. The summed E-state index contributed by atoms with van der Waals surface area (Å²) in [6.07, 6.45) is -3.39. The van der Waals surface area contributed by atoms with Crippen molar-refractivity contribution in [1.82, 2.24) is 15.1 Å². The molecular formula is C26H30F3N3O3. The van der Waals surface area contributed by atoms with Gasteiger partial charge in [0.1, 0.15) is 0 Å². The van der Waals surface area contributed by atoms with E-state index in [1.165, 1.54) is 17.7 Å². The fourth-order valence-electron chi connectivity index (χ4n) is 4.54. The maximum Gasteiger partial charge on any atom is 0.416 e. The van der Waals surface area contributed by atoms with Gasteiger partial charge in [-0.2, -0.15) is 13.2 Å². The number of morpholine rings is 1. The van der Waals surface area contributed by atoms with Crippen molar-refractivity contribution in [3.63, 3.8) is 0 Å². The molecule has 2 aliphatic heterocycles. The van der Waals surface area contributed by atoms with Gasteiger partial charge in [0.15, 0.2) is 0 Å². The molecule has 1 N–H and O–H groups in total. The van der Waals surface area contributed by atoms with E-state index >= 15 is 0 Å². The predicted molar refractivity (Wildman–Crippen MR) is 124 cm³/mol. The molecule has 0 aliphatic carbocycles. The van der Waals surface area contributed by atoms with Crippen LogP contribution < -0.4 is 5.32 Å². The Balaban J connectivity index is 1.26. The van der Waals surface area contributed by atoms with E-state index in [0.29, 0.717) is 32.5 Å². The highest BCUT2D eigenvalue weighted by molar-refractivity contribution is 5.94. The molecule has 6 nitrogen and oxygen atoms in total. The Bertz CT molecular complexity index is 1010. The third kappa shape index (κ3) is 6.61. The van der Waals surface area contributed by atoms with Crippen LogP contribution in [0.15, 0.2) is 48.5 Å². The Hall–Kier alpha value is -2.91. The van der Waals surface area contributed by atoms with E-state index in [-0.39, 0.29) is 23.3 Å². The van der Waals surface area contributed by atoms with Crippen LogP contribution in [-0.4, -0.2) is 61.0 Å². The second kappa shape index (κ2) is 11.2. The summed E-state index contributed by atoms with van der Waals surface area (Å²) in [6.45, 7) is 5.31. The third-order valence-electron chi connectivity index (χ3n) is 6.68. The first-order valence-electron chi connectivity index (χ1n) is 11.9. The summed E-state index contributed by atoms with van der Waals surface area (Å²) >= 11 is 0. The molecule has 2 heterocycles. The van der Waals surface area contributed by atoms with Crippen LogP contribution in [0.4, 0.5) is 13.2 Å². The number of halogens is 3. The van der Waals surface area contributed by atoms with Crippen LogP contribution in [0.1, 0.15) is 39.9 Å². The standard InChI is InChI=1S/C26H30F3N3O3/c27-26(28,29)23-7-5-20(6-8-23)25(34)32-11-9-19(10-12-32)24(33)30-17-21-3-1-2-4-22(21)18-31-13-15-35-16-14-31/h1-8,19H,9-18H2,(H,30,33). The van der Waals surface area contributed by atoms with Crippen LogP contribution in [0.2, 0.25) is 0 Å². The molecule has 0 unspecified atom stereocenters. The van der Waals surface area contributed by atoms with Crippen molar-refractivity contribution >= 4 is 11.8 Å². The van der Waals surface area contributed by atoms with Crippen molar-refractivity contribution in [3.05, 3.63) is 70.8 Å². The molecule has 9 heteroatoms. The second-order valence-corrected chi connectivity index (χ2v) is 9.02. The maximum atomic E-state index is 12.8. The molecule has 2 aromatic rings. The highest BCUT2D eigenvalue weighted by Crippen LogP contribution is 2.29. The molecule has 4 rings (SSSR count). The first-order valence-corrected chi connectivity index (χ1v) is 11.9. The Morgan fingerprint density at radius 3 is 2.17 bits per heavy atom. The van der Waals surface area contributed by atoms with Gasteiger partial charge in [0.05, 0.1) is 18.8 Å². The van der Waals surface area contributed by atoms with Crippen molar-refractivity contribution in [2.24, 2.45) is 5.92 Å². The van der Waals surface area contributed by atoms with Gasteiger partial charge < -0.3 is 15.0 Å². The van der Waals surface area contributed by atoms with Crippen molar-refractivity contribution in [2.75, 3.05) is 39.4 Å². The topological polar surface area (TPSA) is 61.9 Å². The van der Waals surface area contributed by atoms with E-state index in [0.717, 1.165) is 50.5 Å². The zero-order valence-electron chi connectivity index (χ0n) is 19.5. The van der Waals surface area contributed by atoms with E-state index in [4.69, 9.17) is 4.74 Å². The molecule has 35 heavy (non-hydrogen) atoms. The van der Waals surface area contributed by atoms with Crippen LogP contribution in [0.3, 0.4) is 0 Å². The molecular weight excluding hydrogens is 459 g/mol. The van der Waals surface area contributed by atoms with E-state index in [2.05, 4.69) is 16.3 Å². The largest absolute Gasteiger partial charge is 0.416 e. The minimum Gasteiger partial charge on any atom is -0.379 e. The fourth-order valence-corrected chi connectivity index (χ4v) is 4.54. The number of carbonyl (C=O) groups is 2. The molecule has 2 aliphatic rings. The number of rotatable bonds is 6. The summed E-state index contributed by atoms with van der Waals surface area (Å²) in [7, 11) is 0. The summed E-state index contributed by atoms with van der Waals surface area (Å²) in [5.41, 5.74) is 1.71. The number of hydrogen-bond acceptors (Lipinski definition) is 4. The lowest BCUT2D eigenvalue weighted by molar-refractivity contribution is -0.137. The van der Waals surface area contributed by atoms with Gasteiger partial charge in [-0.15, -0.1) is 0 Å². The number of benzene rings is 2. The van der Waals surface area contributed by atoms with Gasteiger partial charge in [-0.05, 0) is 48.2 Å². The van der Waals surface area contributed by atoms with E-state index in [1.807, 2.05) is 18.2 Å². The summed E-state index contributed by atoms with van der Waals surface area (Å²) in [5.74, 6) is -0.541. The number of ether oxygens (including phenoxy) is 1. The molecule has 0 atom stereocenters. The molecule has 2 amide bonds. The molecule has 2 aromatic carbocycles. The highest BCUT2D eigenvalue weighted by atomic mass is 19.4. The summed E-state index contributed by atoms with van der Waals surface area (Å²) in [6, 6.07) is 12.3. The zero-order chi connectivity index (χ0) is 24.8.